The number of likely N-dealkylation sites (tertiary alicyclic amines) is 1. The lowest BCUT2D eigenvalue weighted by atomic mass is 9.99. The van der Waals surface area contributed by atoms with Crippen molar-refractivity contribution >= 4 is 27.5 Å². The van der Waals surface area contributed by atoms with Crippen LogP contribution < -0.4 is 0 Å². The molecule has 0 spiro atoms. The molecule has 1 unspecified atom stereocenters. The summed E-state index contributed by atoms with van der Waals surface area (Å²) in [4.78, 5) is 23.7. The number of rotatable bonds is 3. The van der Waals surface area contributed by atoms with Crippen LogP contribution in [0.25, 0.3) is 0 Å². The quantitative estimate of drug-likeness (QED) is 0.481. The number of carbonyl (C=O) groups excluding carboxylic acids is 1. The zero-order valence-corrected chi connectivity index (χ0v) is 12.3. The summed E-state index contributed by atoms with van der Waals surface area (Å²) >= 11 is 3.40. The molecule has 7 heteroatoms. The number of amides is 1. The topological polar surface area (TPSA) is 63.4 Å². The van der Waals surface area contributed by atoms with Crippen LogP contribution in [0.2, 0.25) is 0 Å². The van der Waals surface area contributed by atoms with E-state index in [-0.39, 0.29) is 11.3 Å². The molecule has 20 heavy (non-hydrogen) atoms. The maximum absolute atomic E-state index is 13.8. The first-order valence-corrected chi connectivity index (χ1v) is 7.44. The van der Waals surface area contributed by atoms with Crippen LogP contribution in [0.3, 0.4) is 0 Å². The van der Waals surface area contributed by atoms with Crippen LogP contribution in [0.5, 0.6) is 0 Å². The Morgan fingerprint density at radius 2 is 2.30 bits per heavy atom. The molecule has 5 nitrogen and oxygen atoms in total. The second-order valence-corrected chi connectivity index (χ2v) is 5.48. The molecule has 1 amide bonds. The van der Waals surface area contributed by atoms with E-state index in [1.807, 2.05) is 0 Å². The van der Waals surface area contributed by atoms with Gasteiger partial charge in [-0.15, -0.1) is 0 Å². The zero-order chi connectivity index (χ0) is 14.7. The first kappa shape index (κ1) is 14.9. The Kier molecular flexibility index (Phi) is 4.69. The molecule has 0 bridgehead atoms. The van der Waals surface area contributed by atoms with E-state index in [1.54, 1.807) is 4.90 Å². The monoisotopic (exact) mass is 344 g/mol. The van der Waals surface area contributed by atoms with Crippen molar-refractivity contribution in [3.05, 3.63) is 39.7 Å². The standard InChI is InChI=1S/C13H14BrFN2O3/c14-7-9-2-1-5-16(8-9)13(18)11-4-3-10(17(19)20)6-12(11)15/h3-4,6,9H,1-2,5,7-8H2. The van der Waals surface area contributed by atoms with Crippen LogP contribution >= 0.6 is 15.9 Å². The molecular weight excluding hydrogens is 331 g/mol. The van der Waals surface area contributed by atoms with Gasteiger partial charge in [0.2, 0.25) is 0 Å². The molecule has 1 saturated heterocycles. The van der Waals surface area contributed by atoms with E-state index in [2.05, 4.69) is 15.9 Å². The van der Waals surface area contributed by atoms with Crippen LogP contribution in [-0.4, -0.2) is 34.2 Å². The second kappa shape index (κ2) is 6.30. The van der Waals surface area contributed by atoms with Crippen molar-refractivity contribution in [2.45, 2.75) is 12.8 Å². The minimum atomic E-state index is -0.842. The van der Waals surface area contributed by atoms with Crippen molar-refractivity contribution in [3.63, 3.8) is 0 Å². The number of halogens is 2. The Morgan fingerprint density at radius 3 is 2.90 bits per heavy atom. The molecule has 1 aromatic carbocycles. The van der Waals surface area contributed by atoms with Crippen molar-refractivity contribution in [3.8, 4) is 0 Å². The van der Waals surface area contributed by atoms with Gasteiger partial charge in [-0.25, -0.2) is 4.39 Å². The first-order chi connectivity index (χ1) is 9.52. The summed E-state index contributed by atoms with van der Waals surface area (Å²) in [7, 11) is 0. The Hall–Kier alpha value is -1.50. The molecule has 1 aromatic rings. The van der Waals surface area contributed by atoms with Crippen molar-refractivity contribution in [2.24, 2.45) is 5.92 Å². The van der Waals surface area contributed by atoms with Crippen LogP contribution in [-0.2, 0) is 0 Å². The molecule has 1 atom stereocenters. The zero-order valence-electron chi connectivity index (χ0n) is 10.7. The van der Waals surface area contributed by atoms with Crippen LogP contribution in [0.1, 0.15) is 23.2 Å². The molecule has 0 aliphatic carbocycles. The van der Waals surface area contributed by atoms with E-state index < -0.39 is 16.6 Å². The average molecular weight is 345 g/mol. The second-order valence-electron chi connectivity index (χ2n) is 4.83. The summed E-state index contributed by atoms with van der Waals surface area (Å²) in [5.74, 6) is -0.873. The number of nitro groups is 1. The summed E-state index contributed by atoms with van der Waals surface area (Å²) in [6.45, 7) is 1.18. The lowest BCUT2D eigenvalue weighted by Crippen LogP contribution is -2.40. The van der Waals surface area contributed by atoms with Gasteiger partial charge in [-0.2, -0.15) is 0 Å². The third-order valence-electron chi connectivity index (χ3n) is 3.42. The highest BCUT2D eigenvalue weighted by atomic mass is 79.9. The van der Waals surface area contributed by atoms with Crippen molar-refractivity contribution in [1.29, 1.82) is 0 Å². The van der Waals surface area contributed by atoms with Gasteiger partial charge in [0.05, 0.1) is 16.6 Å². The summed E-state index contributed by atoms with van der Waals surface area (Å²) in [6.07, 6.45) is 1.92. The predicted molar refractivity (Wildman–Crippen MR) is 75.5 cm³/mol. The fourth-order valence-electron chi connectivity index (χ4n) is 2.34. The minimum Gasteiger partial charge on any atom is -0.338 e. The van der Waals surface area contributed by atoms with E-state index in [0.29, 0.717) is 19.0 Å². The van der Waals surface area contributed by atoms with Gasteiger partial charge in [0.15, 0.2) is 0 Å². The summed E-state index contributed by atoms with van der Waals surface area (Å²) in [6, 6.07) is 3.13. The molecule has 1 heterocycles. The van der Waals surface area contributed by atoms with Gasteiger partial charge >= 0.3 is 0 Å². The first-order valence-electron chi connectivity index (χ1n) is 6.32. The summed E-state index contributed by atoms with van der Waals surface area (Å²) in [5, 5.41) is 11.4. The van der Waals surface area contributed by atoms with Gasteiger partial charge in [-0.3, -0.25) is 14.9 Å². The third-order valence-corrected chi connectivity index (χ3v) is 4.33. The highest BCUT2D eigenvalue weighted by Crippen LogP contribution is 2.22. The summed E-state index contributed by atoms with van der Waals surface area (Å²) < 4.78 is 13.8. The molecular formula is C13H14BrFN2O3. The van der Waals surface area contributed by atoms with Gasteiger partial charge in [0.1, 0.15) is 5.82 Å². The van der Waals surface area contributed by atoms with E-state index in [4.69, 9.17) is 0 Å². The van der Waals surface area contributed by atoms with Crippen LogP contribution in [0.4, 0.5) is 10.1 Å². The molecule has 1 aliphatic rings. The Bertz CT molecular complexity index is 538. The number of benzene rings is 1. The van der Waals surface area contributed by atoms with Gasteiger partial charge in [0.25, 0.3) is 11.6 Å². The highest BCUT2D eigenvalue weighted by molar-refractivity contribution is 9.09. The van der Waals surface area contributed by atoms with E-state index >= 15 is 0 Å². The molecule has 1 fully saturated rings. The molecule has 0 N–H and O–H groups in total. The normalized spacial score (nSPS) is 18.9. The Balaban J connectivity index is 2.18. The number of hydrogen-bond acceptors (Lipinski definition) is 3. The minimum absolute atomic E-state index is 0.106. The molecule has 0 saturated carbocycles. The predicted octanol–water partition coefficient (Wildman–Crippen LogP) is 2.98. The van der Waals surface area contributed by atoms with Gasteiger partial charge in [-0.1, -0.05) is 15.9 Å². The molecule has 0 radical (unpaired) electrons. The Morgan fingerprint density at radius 1 is 1.55 bits per heavy atom. The van der Waals surface area contributed by atoms with Crippen LogP contribution in [0.15, 0.2) is 18.2 Å². The fraction of sp³-hybridized carbons (Fsp3) is 0.462. The van der Waals surface area contributed by atoms with Crippen molar-refractivity contribution in [1.82, 2.24) is 4.90 Å². The number of non-ortho nitro benzene ring substituents is 1. The smallest absolute Gasteiger partial charge is 0.272 e. The number of carbonyl (C=O) groups is 1. The average Bonchev–Trinajstić information content (AvgIpc) is 2.46. The number of piperidine rings is 1. The van der Waals surface area contributed by atoms with Crippen molar-refractivity contribution < 1.29 is 14.1 Å². The van der Waals surface area contributed by atoms with Gasteiger partial charge in [0, 0.05) is 24.5 Å². The van der Waals surface area contributed by atoms with Gasteiger partial charge < -0.3 is 4.90 Å². The lowest BCUT2D eigenvalue weighted by Gasteiger charge is -2.32. The van der Waals surface area contributed by atoms with Crippen LogP contribution in [0, 0.1) is 21.8 Å². The lowest BCUT2D eigenvalue weighted by molar-refractivity contribution is -0.385. The van der Waals surface area contributed by atoms with Gasteiger partial charge in [-0.05, 0) is 24.8 Å². The fourth-order valence-corrected chi connectivity index (χ4v) is 2.87. The molecule has 1 aliphatic heterocycles. The maximum Gasteiger partial charge on any atom is 0.272 e. The number of alkyl halides is 1. The third kappa shape index (κ3) is 3.15. The van der Waals surface area contributed by atoms with E-state index in [0.717, 1.165) is 30.3 Å². The molecule has 2 rings (SSSR count). The molecule has 0 aromatic heterocycles. The SMILES string of the molecule is O=C(c1ccc([N+](=O)[O-])cc1F)N1CCCC(CBr)C1. The van der Waals surface area contributed by atoms with Crippen molar-refractivity contribution in [2.75, 3.05) is 18.4 Å². The highest BCUT2D eigenvalue weighted by Gasteiger charge is 2.26. The Labute approximate surface area is 124 Å². The number of nitrogens with zero attached hydrogens (tertiary/aromatic N) is 2. The van der Waals surface area contributed by atoms with E-state index in [9.17, 15) is 19.3 Å². The largest absolute Gasteiger partial charge is 0.338 e. The maximum atomic E-state index is 13.8. The molecule has 108 valence electrons. The summed E-state index contributed by atoms with van der Waals surface area (Å²) in [5.41, 5.74) is -0.457. The number of nitro benzene ring substituents is 1. The van der Waals surface area contributed by atoms with E-state index in [1.165, 1.54) is 6.07 Å². The number of hydrogen-bond donors (Lipinski definition) is 0.